The normalized spacial score (nSPS) is 28.3. The zero-order valence-electron chi connectivity index (χ0n) is 5.62. The number of carbonyl (C=O) groups excluding carboxylic acids is 1. The maximum Gasteiger partial charge on any atom is 0.133 e. The van der Waals surface area contributed by atoms with E-state index in [-0.39, 0.29) is 5.01 Å². The Morgan fingerprint density at radius 2 is 2.60 bits per heavy atom. The molecule has 1 heterocycles. The van der Waals surface area contributed by atoms with Gasteiger partial charge in [-0.2, -0.15) is 0 Å². The van der Waals surface area contributed by atoms with Gasteiger partial charge in [-0.25, -0.2) is 0 Å². The molecule has 1 unspecified atom stereocenters. The third-order valence-corrected chi connectivity index (χ3v) is 1.99. The molecule has 0 aromatic rings. The van der Waals surface area contributed by atoms with Crippen LogP contribution in [-0.2, 0) is 9.53 Å². The van der Waals surface area contributed by atoms with Gasteiger partial charge in [0.2, 0.25) is 0 Å². The van der Waals surface area contributed by atoms with E-state index in [4.69, 9.17) is 4.74 Å². The Bertz CT molecular complexity index is 120. The first-order valence-electron chi connectivity index (χ1n) is 3.24. The van der Waals surface area contributed by atoms with Crippen molar-refractivity contribution < 1.29 is 9.53 Å². The molecular formula is C6H10BrNO2. The Kier molecular flexibility index (Phi) is 3.31. The minimum Gasteiger partial charge on any atom is -0.364 e. The van der Waals surface area contributed by atoms with E-state index in [1.807, 2.05) is 0 Å². The van der Waals surface area contributed by atoms with Crippen LogP contribution in [-0.4, -0.2) is 42.4 Å². The third kappa shape index (κ3) is 2.36. The fourth-order valence-electron chi connectivity index (χ4n) is 0.928. The molecule has 0 radical (unpaired) electrons. The van der Waals surface area contributed by atoms with Crippen LogP contribution in [0.5, 0.6) is 0 Å². The van der Waals surface area contributed by atoms with Crippen molar-refractivity contribution in [2.45, 2.75) is 5.01 Å². The largest absolute Gasteiger partial charge is 0.364 e. The van der Waals surface area contributed by atoms with E-state index in [1.54, 1.807) is 0 Å². The van der Waals surface area contributed by atoms with Crippen molar-refractivity contribution in [3.8, 4) is 0 Å². The summed E-state index contributed by atoms with van der Waals surface area (Å²) < 4.78 is 5.21. The van der Waals surface area contributed by atoms with Gasteiger partial charge in [-0.15, -0.1) is 0 Å². The number of alkyl halides is 1. The number of aldehydes is 1. The van der Waals surface area contributed by atoms with Crippen LogP contribution in [0.1, 0.15) is 0 Å². The molecule has 0 amide bonds. The van der Waals surface area contributed by atoms with Gasteiger partial charge in [0.25, 0.3) is 0 Å². The Labute approximate surface area is 68.5 Å². The Balaban J connectivity index is 2.24. The second kappa shape index (κ2) is 4.05. The van der Waals surface area contributed by atoms with Crippen LogP contribution in [0.2, 0.25) is 0 Å². The number of hydrogen-bond donors (Lipinski definition) is 0. The van der Waals surface area contributed by atoms with Gasteiger partial charge in [0.15, 0.2) is 0 Å². The maximum atomic E-state index is 10.1. The molecule has 1 aliphatic rings. The quantitative estimate of drug-likeness (QED) is 0.480. The van der Waals surface area contributed by atoms with Crippen LogP contribution in [0.3, 0.4) is 0 Å². The van der Waals surface area contributed by atoms with Crippen LogP contribution in [0.25, 0.3) is 0 Å². The minimum absolute atomic E-state index is 0.0983. The van der Waals surface area contributed by atoms with Crippen molar-refractivity contribution >= 4 is 22.2 Å². The maximum absolute atomic E-state index is 10.1. The van der Waals surface area contributed by atoms with Gasteiger partial charge in [-0.05, 0) is 0 Å². The molecule has 1 saturated heterocycles. The highest BCUT2D eigenvalue weighted by Gasteiger charge is 2.16. The molecular weight excluding hydrogens is 198 g/mol. The predicted octanol–water partition coefficient (Wildman–Crippen LogP) is 0.239. The first-order valence-corrected chi connectivity index (χ1v) is 4.16. The lowest BCUT2D eigenvalue weighted by atomic mass is 10.4. The lowest BCUT2D eigenvalue weighted by molar-refractivity contribution is -0.110. The Morgan fingerprint density at radius 3 is 3.20 bits per heavy atom. The predicted molar refractivity (Wildman–Crippen MR) is 41.2 cm³/mol. The fourth-order valence-corrected chi connectivity index (χ4v) is 1.52. The zero-order chi connectivity index (χ0) is 7.40. The average molecular weight is 208 g/mol. The van der Waals surface area contributed by atoms with Gasteiger partial charge < -0.3 is 9.53 Å². The molecule has 58 valence electrons. The van der Waals surface area contributed by atoms with Crippen molar-refractivity contribution in [3.63, 3.8) is 0 Å². The summed E-state index contributed by atoms with van der Waals surface area (Å²) in [5, 5.41) is 0.0983. The molecule has 0 aliphatic carbocycles. The van der Waals surface area contributed by atoms with Gasteiger partial charge in [-0.1, -0.05) is 15.9 Å². The smallest absolute Gasteiger partial charge is 0.133 e. The highest BCUT2D eigenvalue weighted by atomic mass is 79.9. The van der Waals surface area contributed by atoms with Crippen LogP contribution in [0.4, 0.5) is 0 Å². The summed E-state index contributed by atoms with van der Waals surface area (Å²) in [4.78, 5) is 12.1. The summed E-state index contributed by atoms with van der Waals surface area (Å²) >= 11 is 3.32. The van der Waals surface area contributed by atoms with Gasteiger partial charge in [0, 0.05) is 13.1 Å². The second-order valence-electron chi connectivity index (χ2n) is 2.21. The summed E-state index contributed by atoms with van der Waals surface area (Å²) in [7, 11) is 0. The van der Waals surface area contributed by atoms with E-state index < -0.39 is 0 Å². The Morgan fingerprint density at radius 1 is 1.80 bits per heavy atom. The molecule has 0 N–H and O–H groups in total. The summed E-state index contributed by atoms with van der Waals surface area (Å²) in [5.74, 6) is 0. The van der Waals surface area contributed by atoms with Crippen LogP contribution in [0, 0.1) is 0 Å². The van der Waals surface area contributed by atoms with E-state index in [9.17, 15) is 4.79 Å². The van der Waals surface area contributed by atoms with Gasteiger partial charge in [-0.3, -0.25) is 4.90 Å². The third-order valence-electron chi connectivity index (χ3n) is 1.44. The SMILES string of the molecule is O=CCN1CCOC(Br)C1. The lowest BCUT2D eigenvalue weighted by Crippen LogP contribution is -2.40. The van der Waals surface area contributed by atoms with Crippen molar-refractivity contribution in [1.82, 2.24) is 4.90 Å². The summed E-state index contributed by atoms with van der Waals surface area (Å²) in [6, 6.07) is 0. The average Bonchev–Trinajstić information content (AvgIpc) is 1.88. The number of rotatable bonds is 2. The summed E-state index contributed by atoms with van der Waals surface area (Å²) in [6.45, 7) is 2.90. The molecule has 3 nitrogen and oxygen atoms in total. The van der Waals surface area contributed by atoms with Gasteiger partial charge in [0.05, 0.1) is 13.2 Å². The van der Waals surface area contributed by atoms with E-state index >= 15 is 0 Å². The van der Waals surface area contributed by atoms with Crippen molar-refractivity contribution in [1.29, 1.82) is 0 Å². The molecule has 1 atom stereocenters. The van der Waals surface area contributed by atoms with Gasteiger partial charge in [0.1, 0.15) is 11.3 Å². The van der Waals surface area contributed by atoms with Gasteiger partial charge >= 0.3 is 0 Å². The molecule has 0 aromatic heterocycles. The van der Waals surface area contributed by atoms with Crippen molar-refractivity contribution in [2.75, 3.05) is 26.2 Å². The van der Waals surface area contributed by atoms with Crippen LogP contribution in [0.15, 0.2) is 0 Å². The van der Waals surface area contributed by atoms with Crippen molar-refractivity contribution in [3.05, 3.63) is 0 Å². The molecule has 4 heteroatoms. The number of nitrogens with zero attached hydrogens (tertiary/aromatic N) is 1. The highest BCUT2D eigenvalue weighted by Crippen LogP contribution is 2.08. The number of carbonyl (C=O) groups is 1. The number of morpholine rings is 1. The molecule has 1 aliphatic heterocycles. The van der Waals surface area contributed by atoms with E-state index in [0.29, 0.717) is 13.2 Å². The summed E-state index contributed by atoms with van der Waals surface area (Å²) in [6.07, 6.45) is 0.922. The first-order chi connectivity index (χ1) is 4.83. The molecule has 0 aromatic carbocycles. The topological polar surface area (TPSA) is 29.5 Å². The molecule has 0 spiro atoms. The number of ether oxygens (including phenoxy) is 1. The second-order valence-corrected chi connectivity index (χ2v) is 3.23. The summed E-state index contributed by atoms with van der Waals surface area (Å²) in [5.41, 5.74) is 0. The van der Waals surface area contributed by atoms with E-state index in [1.165, 1.54) is 0 Å². The monoisotopic (exact) mass is 207 g/mol. The number of halogens is 1. The van der Waals surface area contributed by atoms with E-state index in [0.717, 1.165) is 19.4 Å². The van der Waals surface area contributed by atoms with Crippen molar-refractivity contribution in [2.24, 2.45) is 0 Å². The highest BCUT2D eigenvalue weighted by molar-refractivity contribution is 9.09. The number of hydrogen-bond acceptors (Lipinski definition) is 3. The minimum atomic E-state index is 0.0983. The van der Waals surface area contributed by atoms with Crippen LogP contribution < -0.4 is 0 Å². The molecule has 0 bridgehead atoms. The first kappa shape index (κ1) is 8.17. The standard InChI is InChI=1S/C6H10BrNO2/c7-6-5-8(1-3-9)2-4-10-6/h3,6H,1-2,4-5H2. The fraction of sp³-hybridized carbons (Fsp3) is 0.833. The molecule has 0 saturated carbocycles. The molecule has 1 fully saturated rings. The van der Waals surface area contributed by atoms with Crippen LogP contribution >= 0.6 is 15.9 Å². The Hall–Kier alpha value is 0.0700. The van der Waals surface area contributed by atoms with E-state index in [2.05, 4.69) is 20.8 Å². The lowest BCUT2D eigenvalue weighted by Gasteiger charge is -2.28. The molecule has 10 heavy (non-hydrogen) atoms. The molecule has 1 rings (SSSR count). The zero-order valence-corrected chi connectivity index (χ0v) is 7.21.